The van der Waals surface area contributed by atoms with Crippen LogP contribution in [-0.2, 0) is 11.2 Å². The van der Waals surface area contributed by atoms with Gasteiger partial charge in [-0.15, -0.1) is 0 Å². The molecule has 0 saturated heterocycles. The maximum absolute atomic E-state index is 10.4. The number of benzene rings is 1. The summed E-state index contributed by atoms with van der Waals surface area (Å²) in [5.74, 6) is 2.55. The fourth-order valence-electron chi connectivity index (χ4n) is 6.57. The Labute approximate surface area is 136 Å². The van der Waals surface area contributed by atoms with Gasteiger partial charge >= 0.3 is 0 Å². The summed E-state index contributed by atoms with van der Waals surface area (Å²) in [5.41, 5.74) is 8.07. The summed E-state index contributed by atoms with van der Waals surface area (Å²) in [4.78, 5) is 0. The van der Waals surface area contributed by atoms with Crippen LogP contribution in [0.2, 0.25) is 0 Å². The van der Waals surface area contributed by atoms with E-state index in [4.69, 9.17) is 10.5 Å². The maximum Gasteiger partial charge on any atom is 0.161 e. The first kappa shape index (κ1) is 14.1. The zero-order chi connectivity index (χ0) is 15.8. The van der Waals surface area contributed by atoms with Crippen LogP contribution in [-0.4, -0.2) is 22.9 Å². The molecule has 1 aliphatic heterocycles. The molecule has 4 nitrogen and oxygen atoms in total. The average Bonchev–Trinajstić information content (AvgIpc) is 2.95. The van der Waals surface area contributed by atoms with Crippen LogP contribution in [0.15, 0.2) is 12.1 Å². The van der Waals surface area contributed by atoms with Crippen molar-refractivity contribution in [2.45, 2.75) is 50.7 Å². The summed E-state index contributed by atoms with van der Waals surface area (Å²) in [6.45, 7) is 0.418. The van der Waals surface area contributed by atoms with Gasteiger partial charge in [-0.25, -0.2) is 0 Å². The SMILES string of the molecule is NC[C@@H]1O[C@H](C23CC4CC(CC2C4)C3)Cc2c1ccc(O)c2O. The third-order valence-corrected chi connectivity index (χ3v) is 7.27. The molecule has 4 saturated carbocycles. The van der Waals surface area contributed by atoms with Crippen molar-refractivity contribution in [3.05, 3.63) is 23.3 Å². The minimum absolute atomic E-state index is 0.0309. The Morgan fingerprint density at radius 2 is 1.87 bits per heavy atom. The van der Waals surface area contributed by atoms with Gasteiger partial charge in [0.2, 0.25) is 0 Å². The van der Waals surface area contributed by atoms with Crippen LogP contribution in [0.25, 0.3) is 0 Å². The standard InChI is InChI=1S/C19H25NO3/c20-9-16-13-1-2-15(21)18(22)14(13)6-17(23-16)19-7-10-3-11(8-19)5-12(19)4-10/h1-2,10-12,16-17,21-22H,3-9,20H2/t10?,11?,12?,16-,17-,19?/m0/s1. The number of phenolic OH excluding ortho intramolecular Hbond substituents is 2. The molecular formula is C19H25NO3. The van der Waals surface area contributed by atoms with Crippen molar-refractivity contribution in [1.82, 2.24) is 0 Å². The van der Waals surface area contributed by atoms with Gasteiger partial charge in [0.1, 0.15) is 0 Å². The number of hydrogen-bond acceptors (Lipinski definition) is 4. The average molecular weight is 315 g/mol. The lowest BCUT2D eigenvalue weighted by Crippen LogP contribution is -2.44. The van der Waals surface area contributed by atoms with Gasteiger partial charge in [-0.1, -0.05) is 6.07 Å². The van der Waals surface area contributed by atoms with Crippen LogP contribution in [0, 0.1) is 23.2 Å². The van der Waals surface area contributed by atoms with E-state index in [0.717, 1.165) is 28.9 Å². The Kier molecular flexibility index (Phi) is 2.85. The highest BCUT2D eigenvalue weighted by Crippen LogP contribution is 2.68. The molecule has 5 aliphatic rings. The first-order valence-electron chi connectivity index (χ1n) is 9.00. The van der Waals surface area contributed by atoms with Crippen LogP contribution in [0.1, 0.15) is 49.3 Å². The van der Waals surface area contributed by atoms with Crippen LogP contribution in [0.4, 0.5) is 0 Å². The second-order valence-electron chi connectivity index (χ2n) is 8.33. The predicted octanol–water partition coefficient (Wildman–Crippen LogP) is 2.87. The van der Waals surface area contributed by atoms with Crippen molar-refractivity contribution >= 4 is 0 Å². The third kappa shape index (κ3) is 1.79. The number of hydrogen-bond donors (Lipinski definition) is 3. The van der Waals surface area contributed by atoms with Gasteiger partial charge in [0.25, 0.3) is 0 Å². The van der Waals surface area contributed by atoms with Crippen molar-refractivity contribution in [2.75, 3.05) is 6.54 Å². The number of ether oxygens (including phenoxy) is 1. The van der Waals surface area contributed by atoms with Crippen molar-refractivity contribution in [3.8, 4) is 11.5 Å². The molecule has 4 atom stereocenters. The molecule has 1 aromatic carbocycles. The van der Waals surface area contributed by atoms with Crippen molar-refractivity contribution in [3.63, 3.8) is 0 Å². The van der Waals surface area contributed by atoms with E-state index < -0.39 is 0 Å². The molecule has 6 rings (SSSR count). The van der Waals surface area contributed by atoms with Crippen molar-refractivity contribution < 1.29 is 14.9 Å². The molecule has 0 radical (unpaired) electrons. The first-order valence-corrected chi connectivity index (χ1v) is 9.00. The number of nitrogens with two attached hydrogens (primary N) is 1. The van der Waals surface area contributed by atoms with Gasteiger partial charge in [-0.3, -0.25) is 0 Å². The van der Waals surface area contributed by atoms with Gasteiger partial charge in [0.15, 0.2) is 11.5 Å². The normalized spacial score (nSPS) is 43.8. The summed E-state index contributed by atoms with van der Waals surface area (Å²) in [6, 6.07) is 3.40. The predicted molar refractivity (Wildman–Crippen MR) is 86.1 cm³/mol. The highest BCUT2D eigenvalue weighted by Gasteiger charge is 2.61. The topological polar surface area (TPSA) is 75.7 Å². The summed E-state index contributed by atoms with van der Waals surface area (Å²) in [5, 5.41) is 20.3. The molecule has 1 aromatic rings. The summed E-state index contributed by atoms with van der Waals surface area (Å²) in [7, 11) is 0. The van der Waals surface area contributed by atoms with E-state index in [9.17, 15) is 10.2 Å². The second kappa shape index (κ2) is 4.64. The molecule has 0 spiro atoms. The first-order chi connectivity index (χ1) is 11.1. The number of aromatic hydroxyl groups is 2. The molecule has 0 aromatic heterocycles. The van der Waals surface area contributed by atoms with Crippen molar-refractivity contribution in [1.29, 1.82) is 0 Å². The monoisotopic (exact) mass is 315 g/mol. The van der Waals surface area contributed by atoms with Gasteiger partial charge in [-0.05, 0) is 61.5 Å². The van der Waals surface area contributed by atoms with E-state index in [-0.39, 0.29) is 29.1 Å². The molecule has 0 amide bonds. The largest absolute Gasteiger partial charge is 0.504 e. The van der Waals surface area contributed by atoms with E-state index in [1.54, 1.807) is 6.07 Å². The molecule has 4 N–H and O–H groups in total. The number of rotatable bonds is 2. The van der Waals surface area contributed by atoms with E-state index >= 15 is 0 Å². The molecule has 4 aliphatic carbocycles. The minimum Gasteiger partial charge on any atom is -0.504 e. The molecule has 124 valence electrons. The highest BCUT2D eigenvalue weighted by molar-refractivity contribution is 5.51. The van der Waals surface area contributed by atoms with E-state index in [2.05, 4.69) is 0 Å². The summed E-state index contributed by atoms with van der Waals surface area (Å²) >= 11 is 0. The van der Waals surface area contributed by atoms with E-state index in [1.165, 1.54) is 32.1 Å². The lowest BCUT2D eigenvalue weighted by Gasteiger charge is -2.44. The Morgan fingerprint density at radius 1 is 1.13 bits per heavy atom. The van der Waals surface area contributed by atoms with Crippen LogP contribution in [0.5, 0.6) is 11.5 Å². The Bertz CT molecular complexity index is 644. The Hall–Kier alpha value is -1.26. The van der Waals surface area contributed by atoms with Gasteiger partial charge in [0, 0.05) is 23.9 Å². The molecule has 4 fully saturated rings. The smallest absolute Gasteiger partial charge is 0.161 e. The molecule has 23 heavy (non-hydrogen) atoms. The second-order valence-corrected chi connectivity index (χ2v) is 8.33. The Balaban J connectivity index is 1.55. The van der Waals surface area contributed by atoms with Gasteiger partial charge in [0.05, 0.1) is 12.2 Å². The molecule has 4 bridgehead atoms. The van der Waals surface area contributed by atoms with E-state index in [0.29, 0.717) is 13.0 Å². The molecule has 2 unspecified atom stereocenters. The summed E-state index contributed by atoms with van der Waals surface area (Å²) in [6.07, 6.45) is 7.39. The maximum atomic E-state index is 10.4. The molecule has 1 heterocycles. The van der Waals surface area contributed by atoms with Gasteiger partial charge in [-0.2, -0.15) is 0 Å². The molecular weight excluding hydrogens is 290 g/mol. The fraction of sp³-hybridized carbons (Fsp3) is 0.684. The fourth-order valence-corrected chi connectivity index (χ4v) is 6.57. The zero-order valence-electron chi connectivity index (χ0n) is 13.4. The van der Waals surface area contributed by atoms with Gasteiger partial charge < -0.3 is 20.7 Å². The zero-order valence-corrected chi connectivity index (χ0v) is 13.4. The highest BCUT2D eigenvalue weighted by atomic mass is 16.5. The number of fused-ring (bicyclic) bond motifs is 1. The number of phenols is 2. The quantitative estimate of drug-likeness (QED) is 0.734. The lowest BCUT2D eigenvalue weighted by atomic mass is 9.69. The van der Waals surface area contributed by atoms with Crippen LogP contribution < -0.4 is 5.73 Å². The Morgan fingerprint density at radius 3 is 2.57 bits per heavy atom. The van der Waals surface area contributed by atoms with Crippen molar-refractivity contribution in [2.24, 2.45) is 28.9 Å². The van der Waals surface area contributed by atoms with Crippen LogP contribution in [0.3, 0.4) is 0 Å². The van der Waals surface area contributed by atoms with E-state index in [1.807, 2.05) is 6.07 Å². The third-order valence-electron chi connectivity index (χ3n) is 7.27. The lowest BCUT2D eigenvalue weighted by molar-refractivity contribution is -0.104. The minimum atomic E-state index is -0.164. The molecule has 4 heteroatoms. The summed E-state index contributed by atoms with van der Waals surface area (Å²) < 4.78 is 6.50. The van der Waals surface area contributed by atoms with Crippen LogP contribution >= 0.6 is 0 Å².